The van der Waals surface area contributed by atoms with Crippen molar-refractivity contribution in [1.29, 1.82) is 0 Å². The fourth-order valence-corrected chi connectivity index (χ4v) is 2.20. The van der Waals surface area contributed by atoms with E-state index in [-0.39, 0.29) is 0 Å². The van der Waals surface area contributed by atoms with Crippen LogP contribution in [-0.2, 0) is 13.6 Å². The Hall–Kier alpha value is -2.60. The number of aromatic nitrogens is 1. The van der Waals surface area contributed by atoms with Crippen LogP contribution in [0, 0.1) is 0 Å². The Kier molecular flexibility index (Phi) is 4.73. The van der Waals surface area contributed by atoms with Gasteiger partial charge in [-0.25, -0.2) is 0 Å². The van der Waals surface area contributed by atoms with Gasteiger partial charge >= 0.3 is 0 Å². The van der Waals surface area contributed by atoms with Crippen LogP contribution in [0.5, 0.6) is 5.75 Å². The first-order valence-electron chi connectivity index (χ1n) is 6.93. The number of allylic oxidation sites excluding steroid dienone is 2. The highest BCUT2D eigenvalue weighted by Crippen LogP contribution is 2.23. The summed E-state index contributed by atoms with van der Waals surface area (Å²) < 4.78 is 2.13. The Labute approximate surface area is 125 Å². The summed E-state index contributed by atoms with van der Waals surface area (Å²) in [5.41, 5.74) is 8.42. The van der Waals surface area contributed by atoms with E-state index in [0.717, 1.165) is 16.6 Å². The Morgan fingerprint density at radius 2 is 1.81 bits per heavy atom. The van der Waals surface area contributed by atoms with Crippen molar-refractivity contribution >= 4 is 10.9 Å². The van der Waals surface area contributed by atoms with Crippen LogP contribution in [0.2, 0.25) is 0 Å². The Balaban J connectivity index is 2.38. The molecule has 0 saturated carbocycles. The maximum atomic E-state index is 9.58. The molecule has 0 bridgehead atoms. The normalized spacial score (nSPS) is 9.67. The van der Waals surface area contributed by atoms with Gasteiger partial charge < -0.3 is 14.6 Å². The lowest BCUT2D eigenvalue weighted by molar-refractivity contribution is 0.476. The first-order valence-corrected chi connectivity index (χ1v) is 6.93. The summed E-state index contributed by atoms with van der Waals surface area (Å²) >= 11 is 0. The molecule has 1 aromatic carbocycles. The molecule has 0 fully saturated rings. The lowest BCUT2D eigenvalue weighted by atomic mass is 10.2. The van der Waals surface area contributed by atoms with Crippen molar-refractivity contribution in [3.63, 3.8) is 0 Å². The van der Waals surface area contributed by atoms with Gasteiger partial charge in [0.05, 0.1) is 6.54 Å². The fraction of sp³-hybridized carbons (Fsp3) is 0.222. The van der Waals surface area contributed by atoms with Crippen molar-refractivity contribution in [1.82, 2.24) is 9.47 Å². The van der Waals surface area contributed by atoms with E-state index in [1.54, 1.807) is 12.1 Å². The monoisotopic (exact) mass is 280 g/mol. The van der Waals surface area contributed by atoms with Gasteiger partial charge in [0.1, 0.15) is 5.75 Å². The lowest BCUT2D eigenvalue weighted by Gasteiger charge is -2.14. The smallest absolute Gasteiger partial charge is 0.116 e. The molecule has 21 heavy (non-hydrogen) atoms. The zero-order valence-corrected chi connectivity index (χ0v) is 12.7. The van der Waals surface area contributed by atoms with Gasteiger partial charge in [0.15, 0.2) is 0 Å². The molecule has 1 heterocycles. The number of phenolic OH excluding ortho intramolecular Hbond substituents is 1. The zero-order valence-electron chi connectivity index (χ0n) is 12.7. The maximum Gasteiger partial charge on any atom is 0.116 e. The van der Waals surface area contributed by atoms with Crippen LogP contribution in [0.25, 0.3) is 10.9 Å². The average molecular weight is 280 g/mol. The zero-order chi connectivity index (χ0) is 15.2. The number of hydrogen-bond donors (Lipinski definition) is 1. The van der Waals surface area contributed by atoms with Gasteiger partial charge in [0.2, 0.25) is 0 Å². The molecule has 0 aliphatic rings. The average Bonchev–Trinajstić information content (AvgIpc) is 2.77. The summed E-state index contributed by atoms with van der Waals surface area (Å²) in [6.45, 7) is 4.59. The van der Waals surface area contributed by atoms with Crippen LogP contribution in [0.4, 0.5) is 0 Å². The first kappa shape index (κ1) is 14.8. The van der Waals surface area contributed by atoms with Gasteiger partial charge in [-0.2, -0.15) is 0 Å². The summed E-state index contributed by atoms with van der Waals surface area (Å²) in [7, 11) is 2.03. The van der Waals surface area contributed by atoms with Gasteiger partial charge in [-0.3, -0.25) is 0 Å². The van der Waals surface area contributed by atoms with Crippen LogP contribution in [-0.4, -0.2) is 14.6 Å². The molecule has 0 radical (unpaired) electrons. The van der Waals surface area contributed by atoms with Crippen LogP contribution < -0.4 is 0 Å². The summed E-state index contributed by atoms with van der Waals surface area (Å²) in [5.74, 6) is 0.291. The van der Waals surface area contributed by atoms with Crippen molar-refractivity contribution < 1.29 is 5.11 Å². The van der Waals surface area contributed by atoms with Crippen LogP contribution in [0.15, 0.2) is 60.3 Å². The quantitative estimate of drug-likeness (QED) is 0.855. The van der Waals surface area contributed by atoms with E-state index in [2.05, 4.69) is 22.1 Å². The number of aryl methyl sites for hydroxylation is 1. The molecule has 108 valence electrons. The molecule has 2 rings (SSSR count). The number of fused-ring (bicyclic) bond motifs is 1. The molecular formula is C18H20N2O. The minimum absolute atomic E-state index is 0.291. The van der Waals surface area contributed by atoms with Crippen molar-refractivity contribution in [3.05, 3.63) is 66.0 Å². The molecule has 0 aliphatic heterocycles. The minimum atomic E-state index is 0.291. The van der Waals surface area contributed by atoms with Crippen molar-refractivity contribution in [2.24, 2.45) is 7.05 Å². The second-order valence-corrected chi connectivity index (χ2v) is 4.78. The van der Waals surface area contributed by atoms with Gasteiger partial charge in [0, 0.05) is 36.0 Å². The standard InChI is InChI=1S/C18H20N2O/c1-4-6-10-20(11-7-5-2)14-16-12-15-13-17(21)8-9-18(15)19(16)3/h4-5,8-13,21H,14H2,1-3H3. The van der Waals surface area contributed by atoms with E-state index in [1.165, 1.54) is 0 Å². The highest BCUT2D eigenvalue weighted by Gasteiger charge is 2.08. The van der Waals surface area contributed by atoms with Gasteiger partial charge in [-0.15, -0.1) is 11.5 Å². The summed E-state index contributed by atoms with van der Waals surface area (Å²) in [4.78, 5) is 2.02. The fourth-order valence-electron chi connectivity index (χ4n) is 2.20. The van der Waals surface area contributed by atoms with Crippen molar-refractivity contribution in [2.75, 3.05) is 0 Å². The molecule has 3 heteroatoms. The molecule has 3 nitrogen and oxygen atoms in total. The molecule has 0 aliphatic carbocycles. The number of phenols is 1. The molecular weight excluding hydrogens is 260 g/mol. The van der Waals surface area contributed by atoms with E-state index < -0.39 is 0 Å². The van der Waals surface area contributed by atoms with E-state index in [0.29, 0.717) is 12.3 Å². The minimum Gasteiger partial charge on any atom is -0.508 e. The topological polar surface area (TPSA) is 28.4 Å². The second-order valence-electron chi connectivity index (χ2n) is 4.78. The summed E-state index contributed by atoms with van der Waals surface area (Å²) in [5, 5.41) is 10.6. The van der Waals surface area contributed by atoms with Gasteiger partial charge in [-0.1, -0.05) is 0 Å². The molecule has 0 spiro atoms. The third kappa shape index (κ3) is 3.49. The van der Waals surface area contributed by atoms with E-state index in [9.17, 15) is 5.11 Å². The first-order chi connectivity index (χ1) is 10.2. The van der Waals surface area contributed by atoms with Crippen molar-refractivity contribution in [2.45, 2.75) is 20.4 Å². The third-order valence-corrected chi connectivity index (χ3v) is 3.28. The number of benzene rings is 1. The second kappa shape index (κ2) is 6.71. The lowest BCUT2D eigenvalue weighted by Crippen LogP contribution is -2.11. The number of rotatable bonds is 4. The molecule has 2 aromatic rings. The number of aromatic hydroxyl groups is 1. The SMILES string of the molecule is CC=C=CN(C=C=CC)Cc1cc2cc(O)ccc2n1C. The highest BCUT2D eigenvalue weighted by molar-refractivity contribution is 5.82. The van der Waals surface area contributed by atoms with Crippen LogP contribution in [0.1, 0.15) is 19.5 Å². The molecule has 0 amide bonds. The summed E-state index contributed by atoms with van der Waals surface area (Å²) in [6, 6.07) is 7.52. The summed E-state index contributed by atoms with van der Waals surface area (Å²) in [6.07, 6.45) is 7.53. The highest BCUT2D eigenvalue weighted by atomic mass is 16.3. The maximum absolute atomic E-state index is 9.58. The largest absolute Gasteiger partial charge is 0.508 e. The Morgan fingerprint density at radius 3 is 2.43 bits per heavy atom. The van der Waals surface area contributed by atoms with E-state index >= 15 is 0 Å². The molecule has 1 N–H and O–H groups in total. The van der Waals surface area contributed by atoms with E-state index in [4.69, 9.17) is 0 Å². The van der Waals surface area contributed by atoms with Crippen molar-refractivity contribution in [3.8, 4) is 5.75 Å². The molecule has 0 unspecified atom stereocenters. The van der Waals surface area contributed by atoms with Crippen LogP contribution >= 0.6 is 0 Å². The van der Waals surface area contributed by atoms with Gasteiger partial charge in [0.25, 0.3) is 0 Å². The Morgan fingerprint density at radius 1 is 1.14 bits per heavy atom. The number of hydrogen-bond acceptors (Lipinski definition) is 2. The van der Waals surface area contributed by atoms with E-state index in [1.807, 2.05) is 56.4 Å². The molecule has 1 aromatic heterocycles. The predicted molar refractivity (Wildman–Crippen MR) is 86.8 cm³/mol. The number of nitrogens with zero attached hydrogens (tertiary/aromatic N) is 2. The Bertz CT molecular complexity index is 733. The molecule has 0 saturated heterocycles. The van der Waals surface area contributed by atoms with Crippen LogP contribution in [0.3, 0.4) is 0 Å². The molecule has 0 atom stereocenters. The third-order valence-electron chi connectivity index (χ3n) is 3.28. The van der Waals surface area contributed by atoms with Gasteiger partial charge in [-0.05, 0) is 50.3 Å². The predicted octanol–water partition coefficient (Wildman–Crippen LogP) is 4.06.